The molecule has 0 aliphatic rings. The maximum absolute atomic E-state index is 11.6. The SMILES string of the molecule is CNC(=O)c1ccc(Cl)c(NCc2ccc(O)cc2O)c1. The van der Waals surface area contributed by atoms with E-state index in [-0.39, 0.29) is 17.4 Å². The van der Waals surface area contributed by atoms with E-state index in [1.54, 1.807) is 31.3 Å². The number of hydrogen-bond donors (Lipinski definition) is 4. The maximum Gasteiger partial charge on any atom is 0.251 e. The second kappa shape index (κ2) is 6.37. The second-order valence-corrected chi connectivity index (χ2v) is 4.85. The summed E-state index contributed by atoms with van der Waals surface area (Å²) in [6.45, 7) is 0.309. The van der Waals surface area contributed by atoms with Crippen molar-refractivity contribution in [3.05, 3.63) is 52.5 Å². The fourth-order valence-electron chi connectivity index (χ4n) is 1.84. The molecule has 0 aromatic heterocycles. The second-order valence-electron chi connectivity index (χ2n) is 4.44. The molecular formula is C15H15ClN2O3. The highest BCUT2D eigenvalue weighted by Crippen LogP contribution is 2.26. The van der Waals surface area contributed by atoms with E-state index >= 15 is 0 Å². The molecule has 0 spiro atoms. The zero-order valence-corrected chi connectivity index (χ0v) is 12.1. The summed E-state index contributed by atoms with van der Waals surface area (Å²) in [5.41, 5.74) is 1.68. The van der Waals surface area contributed by atoms with Crippen LogP contribution < -0.4 is 10.6 Å². The Kier molecular flexibility index (Phi) is 4.55. The van der Waals surface area contributed by atoms with E-state index in [1.807, 2.05) is 0 Å². The normalized spacial score (nSPS) is 10.2. The number of carbonyl (C=O) groups excluding carboxylic acids is 1. The van der Waals surface area contributed by atoms with Gasteiger partial charge in [-0.15, -0.1) is 0 Å². The Morgan fingerprint density at radius 2 is 1.95 bits per heavy atom. The number of amides is 1. The van der Waals surface area contributed by atoms with Crippen LogP contribution in [0, 0.1) is 0 Å². The lowest BCUT2D eigenvalue weighted by atomic mass is 10.1. The van der Waals surface area contributed by atoms with Crippen LogP contribution >= 0.6 is 11.6 Å². The molecule has 2 aromatic carbocycles. The monoisotopic (exact) mass is 306 g/mol. The van der Waals surface area contributed by atoms with Crippen LogP contribution in [0.1, 0.15) is 15.9 Å². The van der Waals surface area contributed by atoms with E-state index in [2.05, 4.69) is 10.6 Å². The highest BCUT2D eigenvalue weighted by molar-refractivity contribution is 6.33. The first kappa shape index (κ1) is 15.0. The predicted octanol–water partition coefficient (Wildman–Crippen LogP) is 2.72. The molecule has 0 unspecified atom stereocenters. The van der Waals surface area contributed by atoms with Crippen LogP contribution in [0.3, 0.4) is 0 Å². The van der Waals surface area contributed by atoms with Gasteiger partial charge in [-0.3, -0.25) is 4.79 Å². The van der Waals surface area contributed by atoms with Gasteiger partial charge in [0.1, 0.15) is 11.5 Å². The number of nitrogens with one attached hydrogen (secondary N) is 2. The van der Waals surface area contributed by atoms with Gasteiger partial charge in [0.2, 0.25) is 0 Å². The number of aromatic hydroxyl groups is 2. The third-order valence-corrected chi connectivity index (χ3v) is 3.32. The molecule has 110 valence electrons. The molecule has 5 nitrogen and oxygen atoms in total. The summed E-state index contributed by atoms with van der Waals surface area (Å²) in [6.07, 6.45) is 0. The van der Waals surface area contributed by atoms with E-state index in [0.29, 0.717) is 28.4 Å². The summed E-state index contributed by atoms with van der Waals surface area (Å²) in [5, 5.41) is 25.0. The molecule has 4 N–H and O–H groups in total. The van der Waals surface area contributed by atoms with Gasteiger partial charge >= 0.3 is 0 Å². The minimum atomic E-state index is -0.206. The summed E-state index contributed by atoms with van der Waals surface area (Å²) in [6, 6.07) is 9.25. The van der Waals surface area contributed by atoms with Crippen LogP contribution in [-0.4, -0.2) is 23.2 Å². The van der Waals surface area contributed by atoms with Crippen molar-refractivity contribution in [3.8, 4) is 11.5 Å². The largest absolute Gasteiger partial charge is 0.508 e. The van der Waals surface area contributed by atoms with Crippen molar-refractivity contribution in [2.24, 2.45) is 0 Å². The van der Waals surface area contributed by atoms with Crippen LogP contribution in [-0.2, 0) is 6.54 Å². The fraction of sp³-hybridized carbons (Fsp3) is 0.133. The van der Waals surface area contributed by atoms with Crippen molar-refractivity contribution in [1.29, 1.82) is 0 Å². The Balaban J connectivity index is 2.17. The summed E-state index contributed by atoms with van der Waals surface area (Å²) >= 11 is 6.08. The van der Waals surface area contributed by atoms with Crippen molar-refractivity contribution in [2.75, 3.05) is 12.4 Å². The number of phenolic OH excluding ortho intramolecular Hbond substituents is 2. The Hall–Kier alpha value is -2.40. The van der Waals surface area contributed by atoms with Crippen LogP contribution in [0.2, 0.25) is 5.02 Å². The number of halogens is 1. The quantitative estimate of drug-likeness (QED) is 0.700. The van der Waals surface area contributed by atoms with Crippen LogP contribution in [0.15, 0.2) is 36.4 Å². The van der Waals surface area contributed by atoms with Gasteiger partial charge in [-0.1, -0.05) is 11.6 Å². The highest BCUT2D eigenvalue weighted by Gasteiger charge is 2.08. The fourth-order valence-corrected chi connectivity index (χ4v) is 2.02. The number of rotatable bonds is 4. The van der Waals surface area contributed by atoms with Crippen molar-refractivity contribution in [2.45, 2.75) is 6.54 Å². The average Bonchev–Trinajstić information content (AvgIpc) is 2.47. The average molecular weight is 307 g/mol. The topological polar surface area (TPSA) is 81.6 Å². The smallest absolute Gasteiger partial charge is 0.251 e. The van der Waals surface area contributed by atoms with Gasteiger partial charge in [0.05, 0.1) is 10.7 Å². The molecule has 0 fully saturated rings. The van der Waals surface area contributed by atoms with E-state index in [4.69, 9.17) is 11.6 Å². The Labute approximate surface area is 127 Å². The summed E-state index contributed by atoms with van der Waals surface area (Å²) in [4.78, 5) is 11.6. The van der Waals surface area contributed by atoms with Gasteiger partial charge in [0, 0.05) is 30.8 Å². The minimum absolute atomic E-state index is 0.00380. The first-order chi connectivity index (χ1) is 10.0. The first-order valence-electron chi connectivity index (χ1n) is 6.27. The Morgan fingerprint density at radius 3 is 2.62 bits per heavy atom. The highest BCUT2D eigenvalue weighted by atomic mass is 35.5. The first-order valence-corrected chi connectivity index (χ1v) is 6.65. The van der Waals surface area contributed by atoms with Crippen LogP contribution in [0.25, 0.3) is 0 Å². The van der Waals surface area contributed by atoms with Gasteiger partial charge < -0.3 is 20.8 Å². The predicted molar refractivity (Wildman–Crippen MR) is 81.9 cm³/mol. The number of hydrogen-bond acceptors (Lipinski definition) is 4. The molecule has 0 aliphatic heterocycles. The Morgan fingerprint density at radius 1 is 1.19 bits per heavy atom. The summed E-state index contributed by atoms with van der Waals surface area (Å²) in [5.74, 6) is -0.223. The van der Waals surface area contributed by atoms with Crippen LogP contribution in [0.4, 0.5) is 5.69 Å². The van der Waals surface area contributed by atoms with Crippen molar-refractivity contribution >= 4 is 23.2 Å². The summed E-state index contributed by atoms with van der Waals surface area (Å²) in [7, 11) is 1.55. The number of carbonyl (C=O) groups is 1. The van der Waals surface area contributed by atoms with Gasteiger partial charge in [-0.2, -0.15) is 0 Å². The Bertz CT molecular complexity index is 674. The van der Waals surface area contributed by atoms with E-state index in [1.165, 1.54) is 12.1 Å². The number of anilines is 1. The van der Waals surface area contributed by atoms with E-state index < -0.39 is 0 Å². The third kappa shape index (κ3) is 3.58. The van der Waals surface area contributed by atoms with Gasteiger partial charge in [-0.05, 0) is 30.3 Å². The molecule has 0 atom stereocenters. The lowest BCUT2D eigenvalue weighted by Crippen LogP contribution is -2.17. The molecule has 1 amide bonds. The van der Waals surface area contributed by atoms with Crippen molar-refractivity contribution in [1.82, 2.24) is 5.32 Å². The lowest BCUT2D eigenvalue weighted by molar-refractivity contribution is 0.0963. The lowest BCUT2D eigenvalue weighted by Gasteiger charge is -2.11. The number of benzene rings is 2. The zero-order chi connectivity index (χ0) is 15.4. The molecule has 0 radical (unpaired) electrons. The van der Waals surface area contributed by atoms with Crippen LogP contribution in [0.5, 0.6) is 11.5 Å². The molecule has 0 aliphatic carbocycles. The van der Waals surface area contributed by atoms with E-state index in [9.17, 15) is 15.0 Å². The molecule has 0 bridgehead atoms. The minimum Gasteiger partial charge on any atom is -0.508 e. The molecule has 0 saturated heterocycles. The molecule has 6 heteroatoms. The van der Waals surface area contributed by atoms with Crippen molar-refractivity contribution in [3.63, 3.8) is 0 Å². The third-order valence-electron chi connectivity index (χ3n) is 2.99. The molecule has 21 heavy (non-hydrogen) atoms. The molecule has 2 aromatic rings. The molecular weight excluding hydrogens is 292 g/mol. The van der Waals surface area contributed by atoms with Crippen molar-refractivity contribution < 1.29 is 15.0 Å². The zero-order valence-electron chi connectivity index (χ0n) is 11.4. The maximum atomic E-state index is 11.6. The van der Waals surface area contributed by atoms with E-state index in [0.717, 1.165) is 0 Å². The standard InChI is InChI=1S/C15H15ClN2O3/c1-17-15(21)9-3-5-12(16)13(6-9)18-8-10-2-4-11(19)7-14(10)20/h2-7,18-20H,8H2,1H3,(H,17,21). The van der Waals surface area contributed by atoms with Gasteiger partial charge in [0.25, 0.3) is 5.91 Å². The van der Waals surface area contributed by atoms with Gasteiger partial charge in [0.15, 0.2) is 0 Å². The molecule has 2 rings (SSSR count). The molecule has 0 heterocycles. The van der Waals surface area contributed by atoms with Gasteiger partial charge in [-0.25, -0.2) is 0 Å². The number of phenols is 2. The molecule has 0 saturated carbocycles. The summed E-state index contributed by atoms with van der Waals surface area (Å²) < 4.78 is 0.